The second-order valence-electron chi connectivity index (χ2n) is 5.25. The molecular weight excluding hydrogens is 278 g/mol. The van der Waals surface area contributed by atoms with Crippen molar-refractivity contribution in [3.63, 3.8) is 0 Å². The summed E-state index contributed by atoms with van der Waals surface area (Å²) < 4.78 is 37.5. The molecule has 1 fully saturated rings. The van der Waals surface area contributed by atoms with Crippen LogP contribution in [0.1, 0.15) is 24.8 Å². The average Bonchev–Trinajstić information content (AvgIpc) is 2.46. The van der Waals surface area contributed by atoms with Gasteiger partial charge in [0.15, 0.2) is 0 Å². The summed E-state index contributed by atoms with van der Waals surface area (Å²) in [5.41, 5.74) is 0.920. The van der Waals surface area contributed by atoms with Crippen LogP contribution in [0.3, 0.4) is 0 Å². The number of aliphatic hydroxyl groups is 1. The Morgan fingerprint density at radius 1 is 1.38 bits per heavy atom. The summed E-state index contributed by atoms with van der Waals surface area (Å²) in [7, 11) is 0. The third-order valence-electron chi connectivity index (χ3n) is 3.69. The highest BCUT2D eigenvalue weighted by atomic mass is 19.1. The first-order valence-corrected chi connectivity index (χ1v) is 7.05. The lowest BCUT2D eigenvalue weighted by Gasteiger charge is -2.32. The number of ether oxygens (including phenoxy) is 2. The maximum absolute atomic E-state index is 13.8. The lowest BCUT2D eigenvalue weighted by Crippen LogP contribution is -2.34. The second kappa shape index (κ2) is 7.64. The van der Waals surface area contributed by atoms with Crippen LogP contribution >= 0.6 is 0 Å². The molecule has 1 heterocycles. The van der Waals surface area contributed by atoms with Crippen molar-refractivity contribution < 1.29 is 23.4 Å². The van der Waals surface area contributed by atoms with Crippen LogP contribution in [0, 0.1) is 17.6 Å². The Labute approximate surface area is 123 Å². The van der Waals surface area contributed by atoms with Gasteiger partial charge in [0.25, 0.3) is 0 Å². The van der Waals surface area contributed by atoms with Crippen molar-refractivity contribution in [2.45, 2.75) is 25.4 Å². The van der Waals surface area contributed by atoms with Crippen molar-refractivity contribution in [2.24, 2.45) is 5.92 Å². The molecule has 0 spiro atoms. The molecule has 1 saturated heterocycles. The van der Waals surface area contributed by atoms with Gasteiger partial charge in [-0.05, 0) is 37.0 Å². The minimum absolute atomic E-state index is 0.0360. The van der Waals surface area contributed by atoms with Crippen LogP contribution in [0.25, 0.3) is 5.57 Å². The SMILES string of the molecule is C=C(C[C@H]1COCOC1CCCO)c1ccc(F)cc1F. The Morgan fingerprint density at radius 2 is 2.19 bits per heavy atom. The van der Waals surface area contributed by atoms with Crippen molar-refractivity contribution >= 4 is 5.57 Å². The van der Waals surface area contributed by atoms with Crippen molar-refractivity contribution in [2.75, 3.05) is 20.0 Å². The van der Waals surface area contributed by atoms with E-state index in [0.29, 0.717) is 30.6 Å². The molecule has 116 valence electrons. The number of halogens is 2. The molecule has 0 bridgehead atoms. The van der Waals surface area contributed by atoms with Gasteiger partial charge in [-0.25, -0.2) is 8.78 Å². The fourth-order valence-corrected chi connectivity index (χ4v) is 2.58. The van der Waals surface area contributed by atoms with Gasteiger partial charge in [-0.15, -0.1) is 0 Å². The Bertz CT molecular complexity index is 490. The maximum Gasteiger partial charge on any atom is 0.147 e. The second-order valence-corrected chi connectivity index (χ2v) is 5.25. The Morgan fingerprint density at radius 3 is 2.90 bits per heavy atom. The summed E-state index contributed by atoms with van der Waals surface area (Å²) in [5.74, 6) is -1.15. The van der Waals surface area contributed by atoms with E-state index in [1.54, 1.807) is 0 Å². The predicted octanol–water partition coefficient (Wildman–Crippen LogP) is 3.13. The normalized spacial score (nSPS) is 22.2. The fourth-order valence-electron chi connectivity index (χ4n) is 2.58. The largest absolute Gasteiger partial charge is 0.396 e. The molecule has 3 nitrogen and oxygen atoms in total. The maximum atomic E-state index is 13.8. The van der Waals surface area contributed by atoms with Crippen molar-refractivity contribution in [1.82, 2.24) is 0 Å². The molecule has 0 aromatic heterocycles. The Kier molecular flexibility index (Phi) is 5.85. The van der Waals surface area contributed by atoms with E-state index in [0.717, 1.165) is 12.5 Å². The quantitative estimate of drug-likeness (QED) is 0.877. The van der Waals surface area contributed by atoms with Crippen LogP contribution in [0.2, 0.25) is 0 Å². The first-order chi connectivity index (χ1) is 10.1. The van der Waals surface area contributed by atoms with Crippen LogP contribution < -0.4 is 0 Å². The van der Waals surface area contributed by atoms with Gasteiger partial charge < -0.3 is 14.6 Å². The molecule has 0 aliphatic carbocycles. The van der Waals surface area contributed by atoms with E-state index in [1.165, 1.54) is 12.1 Å². The molecule has 1 aliphatic rings. The predicted molar refractivity (Wildman–Crippen MR) is 75.5 cm³/mol. The van der Waals surface area contributed by atoms with E-state index in [1.807, 2.05) is 0 Å². The zero-order valence-electron chi connectivity index (χ0n) is 11.9. The topological polar surface area (TPSA) is 38.7 Å². The van der Waals surface area contributed by atoms with E-state index in [2.05, 4.69) is 6.58 Å². The number of aliphatic hydroxyl groups excluding tert-OH is 1. The van der Waals surface area contributed by atoms with E-state index < -0.39 is 11.6 Å². The molecule has 2 atom stereocenters. The molecule has 5 heteroatoms. The molecule has 2 rings (SSSR count). The lowest BCUT2D eigenvalue weighted by molar-refractivity contribution is -0.171. The van der Waals surface area contributed by atoms with Gasteiger partial charge in [-0.3, -0.25) is 0 Å². The van der Waals surface area contributed by atoms with Crippen molar-refractivity contribution in [3.8, 4) is 0 Å². The van der Waals surface area contributed by atoms with E-state index >= 15 is 0 Å². The Hall–Kier alpha value is -1.30. The molecule has 21 heavy (non-hydrogen) atoms. The molecule has 1 unspecified atom stereocenters. The molecule has 1 aliphatic heterocycles. The molecule has 0 radical (unpaired) electrons. The van der Waals surface area contributed by atoms with Gasteiger partial charge in [0.1, 0.15) is 18.4 Å². The summed E-state index contributed by atoms with van der Waals surface area (Å²) in [6, 6.07) is 3.48. The van der Waals surface area contributed by atoms with Crippen LogP contribution in [0.4, 0.5) is 8.78 Å². The number of rotatable bonds is 6. The average molecular weight is 298 g/mol. The van der Waals surface area contributed by atoms with Crippen LogP contribution in [-0.4, -0.2) is 31.2 Å². The van der Waals surface area contributed by atoms with Gasteiger partial charge in [0.2, 0.25) is 0 Å². The molecular formula is C16H20F2O3. The fraction of sp³-hybridized carbons (Fsp3) is 0.500. The highest BCUT2D eigenvalue weighted by Gasteiger charge is 2.27. The summed E-state index contributed by atoms with van der Waals surface area (Å²) >= 11 is 0. The Balaban J connectivity index is 2.02. The van der Waals surface area contributed by atoms with Gasteiger partial charge in [-0.1, -0.05) is 6.58 Å². The third-order valence-corrected chi connectivity index (χ3v) is 3.69. The molecule has 1 aromatic carbocycles. The van der Waals surface area contributed by atoms with E-state index in [4.69, 9.17) is 14.6 Å². The minimum atomic E-state index is -0.607. The minimum Gasteiger partial charge on any atom is -0.396 e. The highest BCUT2D eigenvalue weighted by Crippen LogP contribution is 2.30. The van der Waals surface area contributed by atoms with Crippen LogP contribution in [0.5, 0.6) is 0 Å². The van der Waals surface area contributed by atoms with Gasteiger partial charge in [0.05, 0.1) is 12.7 Å². The standard InChI is InChI=1S/C16H20F2O3/c1-11(14-5-4-13(17)8-15(14)18)7-12-9-20-10-21-16(12)3-2-6-19/h4-5,8,12,16,19H,1-3,6-7,9-10H2/t12-,16?/m0/s1. The molecule has 0 saturated carbocycles. The number of benzene rings is 1. The number of hydrogen-bond donors (Lipinski definition) is 1. The molecule has 1 N–H and O–H groups in total. The number of allylic oxidation sites excluding steroid dienone is 1. The van der Waals surface area contributed by atoms with Crippen molar-refractivity contribution in [3.05, 3.63) is 42.0 Å². The smallest absolute Gasteiger partial charge is 0.147 e. The summed E-state index contributed by atoms with van der Waals surface area (Å²) in [6.45, 7) is 4.77. The third kappa shape index (κ3) is 4.33. The summed E-state index contributed by atoms with van der Waals surface area (Å²) in [4.78, 5) is 0. The van der Waals surface area contributed by atoms with Crippen LogP contribution in [0.15, 0.2) is 24.8 Å². The lowest BCUT2D eigenvalue weighted by atomic mass is 9.89. The van der Waals surface area contributed by atoms with Crippen LogP contribution in [-0.2, 0) is 9.47 Å². The highest BCUT2D eigenvalue weighted by molar-refractivity contribution is 5.64. The van der Waals surface area contributed by atoms with E-state index in [9.17, 15) is 8.78 Å². The monoisotopic (exact) mass is 298 g/mol. The van der Waals surface area contributed by atoms with E-state index in [-0.39, 0.29) is 25.4 Å². The summed E-state index contributed by atoms with van der Waals surface area (Å²) in [6.07, 6.45) is 1.85. The zero-order valence-corrected chi connectivity index (χ0v) is 11.9. The van der Waals surface area contributed by atoms with Crippen molar-refractivity contribution in [1.29, 1.82) is 0 Å². The molecule has 0 amide bonds. The zero-order chi connectivity index (χ0) is 15.2. The summed E-state index contributed by atoms with van der Waals surface area (Å²) in [5, 5.41) is 8.92. The molecule has 1 aromatic rings. The first-order valence-electron chi connectivity index (χ1n) is 7.05. The van der Waals surface area contributed by atoms with Gasteiger partial charge in [0, 0.05) is 24.2 Å². The van der Waals surface area contributed by atoms with Gasteiger partial charge >= 0.3 is 0 Å². The number of hydrogen-bond acceptors (Lipinski definition) is 3. The first kappa shape index (κ1) is 16.1. The van der Waals surface area contributed by atoms with Gasteiger partial charge in [-0.2, -0.15) is 0 Å².